The molecule has 0 unspecified atom stereocenters. The van der Waals surface area contributed by atoms with Crippen molar-refractivity contribution in [2.24, 2.45) is 11.1 Å². The molecule has 0 aliphatic rings. The number of nitrogens with two attached hydrogens (primary N) is 1. The van der Waals surface area contributed by atoms with Gasteiger partial charge >= 0.3 is 6.18 Å². The van der Waals surface area contributed by atoms with Crippen LogP contribution in [0.1, 0.15) is 26.3 Å². The molecule has 0 heterocycles. The number of benzene rings is 1. The van der Waals surface area contributed by atoms with Gasteiger partial charge in [-0.15, -0.1) is 0 Å². The van der Waals surface area contributed by atoms with Crippen LogP contribution in [-0.4, -0.2) is 24.7 Å². The van der Waals surface area contributed by atoms with Crippen molar-refractivity contribution >= 4 is 5.91 Å². The fourth-order valence-electron chi connectivity index (χ4n) is 1.60. The number of rotatable bonds is 5. The van der Waals surface area contributed by atoms with E-state index in [1.54, 1.807) is 12.1 Å². The smallest absolute Gasteiger partial charge is 0.422 e. The molecule has 0 bridgehead atoms. The van der Waals surface area contributed by atoms with Crippen molar-refractivity contribution in [3.63, 3.8) is 0 Å². The fourth-order valence-corrected chi connectivity index (χ4v) is 1.60. The average Bonchev–Trinajstić information content (AvgIpc) is 2.40. The van der Waals surface area contributed by atoms with Gasteiger partial charge in [-0.25, -0.2) is 0 Å². The van der Waals surface area contributed by atoms with Crippen LogP contribution in [-0.2, 0) is 11.3 Å². The van der Waals surface area contributed by atoms with Gasteiger partial charge in [0.25, 0.3) is 0 Å². The number of halogens is 3. The first kappa shape index (κ1) is 18.3. The highest BCUT2D eigenvalue weighted by molar-refractivity contribution is 5.82. The maximum atomic E-state index is 12.1. The minimum Gasteiger partial charge on any atom is -0.484 e. The summed E-state index contributed by atoms with van der Waals surface area (Å²) >= 11 is 0. The summed E-state index contributed by atoms with van der Waals surface area (Å²) < 4.78 is 41.0. The van der Waals surface area contributed by atoms with Crippen LogP contribution in [0.2, 0.25) is 0 Å². The van der Waals surface area contributed by atoms with Gasteiger partial charge in [0.15, 0.2) is 6.61 Å². The zero-order valence-corrected chi connectivity index (χ0v) is 12.8. The first-order chi connectivity index (χ1) is 9.99. The lowest BCUT2D eigenvalue weighted by molar-refractivity contribution is -0.153. The highest BCUT2D eigenvalue weighted by Gasteiger charge is 2.28. The van der Waals surface area contributed by atoms with E-state index in [1.165, 1.54) is 12.1 Å². The van der Waals surface area contributed by atoms with Crippen LogP contribution in [0.5, 0.6) is 5.75 Å². The van der Waals surface area contributed by atoms with Crippen LogP contribution >= 0.6 is 0 Å². The van der Waals surface area contributed by atoms with Gasteiger partial charge in [-0.3, -0.25) is 4.79 Å². The lowest BCUT2D eigenvalue weighted by Crippen LogP contribution is -2.48. The van der Waals surface area contributed by atoms with Crippen LogP contribution in [0, 0.1) is 5.41 Å². The Bertz CT molecular complexity index is 510. The fraction of sp³-hybridized carbons (Fsp3) is 0.533. The first-order valence-electron chi connectivity index (χ1n) is 6.81. The van der Waals surface area contributed by atoms with Crippen LogP contribution in [0.15, 0.2) is 24.3 Å². The van der Waals surface area contributed by atoms with Crippen molar-refractivity contribution in [3.8, 4) is 5.75 Å². The van der Waals surface area contributed by atoms with E-state index in [4.69, 9.17) is 5.73 Å². The van der Waals surface area contributed by atoms with E-state index >= 15 is 0 Å². The molecule has 4 nitrogen and oxygen atoms in total. The lowest BCUT2D eigenvalue weighted by Gasteiger charge is -2.25. The predicted octanol–water partition coefficient (Wildman–Crippen LogP) is 2.62. The summed E-state index contributed by atoms with van der Waals surface area (Å²) in [5.41, 5.74) is 6.08. The standard InChI is InChI=1S/C15H21F3N2O2/c1-14(2,3)12(19)13(21)20-8-10-5-4-6-11(7-10)22-9-15(16,17)18/h4-7,12H,8-9,19H2,1-3H3,(H,20,21)/t12-/m1/s1. The van der Waals surface area contributed by atoms with Crippen molar-refractivity contribution in [1.82, 2.24) is 5.32 Å². The second-order valence-corrected chi connectivity index (χ2v) is 6.11. The van der Waals surface area contributed by atoms with E-state index in [0.29, 0.717) is 5.56 Å². The van der Waals surface area contributed by atoms with Gasteiger partial charge in [-0.2, -0.15) is 13.2 Å². The minimum atomic E-state index is -4.39. The minimum absolute atomic E-state index is 0.101. The molecular formula is C15H21F3N2O2. The number of ether oxygens (including phenoxy) is 1. The Labute approximate surface area is 127 Å². The highest BCUT2D eigenvalue weighted by Crippen LogP contribution is 2.20. The van der Waals surface area contributed by atoms with E-state index in [0.717, 1.165) is 0 Å². The maximum absolute atomic E-state index is 12.1. The monoisotopic (exact) mass is 318 g/mol. The first-order valence-corrected chi connectivity index (χ1v) is 6.81. The largest absolute Gasteiger partial charge is 0.484 e. The third kappa shape index (κ3) is 6.34. The van der Waals surface area contributed by atoms with Gasteiger partial charge in [0.2, 0.25) is 5.91 Å². The Hall–Kier alpha value is -1.76. The normalized spacial score (nSPS) is 13.6. The van der Waals surface area contributed by atoms with Crippen LogP contribution in [0.4, 0.5) is 13.2 Å². The number of hydrogen-bond acceptors (Lipinski definition) is 3. The number of carbonyl (C=O) groups excluding carboxylic acids is 1. The van der Waals surface area contributed by atoms with E-state index in [2.05, 4.69) is 10.1 Å². The summed E-state index contributed by atoms with van der Waals surface area (Å²) in [6.07, 6.45) is -4.39. The van der Waals surface area contributed by atoms with Gasteiger partial charge in [-0.05, 0) is 23.1 Å². The third-order valence-corrected chi connectivity index (χ3v) is 2.98. The molecule has 1 amide bonds. The average molecular weight is 318 g/mol. The Morgan fingerprint density at radius 1 is 1.32 bits per heavy atom. The molecule has 1 aromatic rings. The Morgan fingerprint density at radius 2 is 1.95 bits per heavy atom. The number of nitrogens with one attached hydrogen (secondary N) is 1. The second-order valence-electron chi connectivity index (χ2n) is 6.11. The molecule has 0 saturated carbocycles. The van der Waals surface area contributed by atoms with Gasteiger partial charge in [0.1, 0.15) is 5.75 Å². The Balaban J connectivity index is 2.58. The zero-order valence-electron chi connectivity index (χ0n) is 12.8. The van der Waals surface area contributed by atoms with Gasteiger partial charge in [0.05, 0.1) is 6.04 Å². The summed E-state index contributed by atoms with van der Waals surface area (Å²) in [4.78, 5) is 11.9. The molecule has 3 N–H and O–H groups in total. The van der Waals surface area contributed by atoms with Crippen LogP contribution < -0.4 is 15.8 Å². The van der Waals surface area contributed by atoms with E-state index in [-0.39, 0.29) is 23.6 Å². The summed E-state index contributed by atoms with van der Waals surface area (Å²) in [6.45, 7) is 4.37. The molecule has 0 aliphatic carbocycles. The number of carbonyl (C=O) groups is 1. The second kappa shape index (κ2) is 7.00. The molecule has 0 saturated heterocycles. The zero-order chi connectivity index (χ0) is 17.0. The van der Waals surface area contributed by atoms with E-state index in [1.807, 2.05) is 20.8 Å². The molecule has 0 aliphatic heterocycles. The van der Waals surface area contributed by atoms with Crippen molar-refractivity contribution in [1.29, 1.82) is 0 Å². The molecule has 1 aromatic carbocycles. The third-order valence-electron chi connectivity index (χ3n) is 2.98. The van der Waals surface area contributed by atoms with Gasteiger partial charge in [-0.1, -0.05) is 32.9 Å². The molecule has 22 heavy (non-hydrogen) atoms. The SMILES string of the molecule is CC(C)(C)[C@H](N)C(=O)NCc1cccc(OCC(F)(F)F)c1. The molecule has 0 aromatic heterocycles. The Morgan fingerprint density at radius 3 is 2.50 bits per heavy atom. The summed E-state index contributed by atoms with van der Waals surface area (Å²) in [5.74, 6) is -0.210. The van der Waals surface area contributed by atoms with E-state index in [9.17, 15) is 18.0 Å². The summed E-state index contributed by atoms with van der Waals surface area (Å²) in [7, 11) is 0. The summed E-state index contributed by atoms with van der Waals surface area (Å²) in [5, 5.41) is 2.66. The molecule has 1 atom stereocenters. The molecular weight excluding hydrogens is 297 g/mol. The molecule has 124 valence electrons. The van der Waals surface area contributed by atoms with E-state index < -0.39 is 18.8 Å². The van der Waals surface area contributed by atoms with Gasteiger partial charge < -0.3 is 15.8 Å². The van der Waals surface area contributed by atoms with Crippen molar-refractivity contribution < 1.29 is 22.7 Å². The van der Waals surface area contributed by atoms with Crippen LogP contribution in [0.3, 0.4) is 0 Å². The maximum Gasteiger partial charge on any atom is 0.422 e. The molecule has 0 fully saturated rings. The van der Waals surface area contributed by atoms with Crippen molar-refractivity contribution in [2.75, 3.05) is 6.61 Å². The topological polar surface area (TPSA) is 64.4 Å². The van der Waals surface area contributed by atoms with Gasteiger partial charge in [0, 0.05) is 6.54 Å². The molecule has 0 radical (unpaired) electrons. The number of hydrogen-bond donors (Lipinski definition) is 2. The molecule has 7 heteroatoms. The predicted molar refractivity (Wildman–Crippen MR) is 77.3 cm³/mol. The lowest BCUT2D eigenvalue weighted by atomic mass is 9.87. The number of amides is 1. The quantitative estimate of drug-likeness (QED) is 0.877. The van der Waals surface area contributed by atoms with Crippen LogP contribution in [0.25, 0.3) is 0 Å². The molecule has 1 rings (SSSR count). The number of alkyl halides is 3. The van der Waals surface area contributed by atoms with Crippen molar-refractivity contribution in [2.45, 2.75) is 39.5 Å². The van der Waals surface area contributed by atoms with Crippen molar-refractivity contribution in [3.05, 3.63) is 29.8 Å². The highest BCUT2D eigenvalue weighted by atomic mass is 19.4. The summed E-state index contributed by atoms with van der Waals surface area (Å²) in [6, 6.07) is 5.46. The molecule has 0 spiro atoms. The Kier molecular flexibility index (Phi) is 5.82.